The summed E-state index contributed by atoms with van der Waals surface area (Å²) < 4.78 is 13.5. The predicted molar refractivity (Wildman–Crippen MR) is 75.7 cm³/mol. The van der Waals surface area contributed by atoms with E-state index in [-0.39, 0.29) is 12.4 Å². The summed E-state index contributed by atoms with van der Waals surface area (Å²) in [6.07, 6.45) is 8.99. The van der Waals surface area contributed by atoms with Crippen molar-refractivity contribution in [2.45, 2.75) is 58.3 Å². The Labute approximate surface area is 113 Å². The van der Waals surface area contributed by atoms with E-state index in [1.165, 1.54) is 32.1 Å². The summed E-state index contributed by atoms with van der Waals surface area (Å²) in [5.74, 6) is 0.683. The van der Waals surface area contributed by atoms with Crippen molar-refractivity contribution >= 4 is 22.6 Å². The van der Waals surface area contributed by atoms with Gasteiger partial charge >= 0.3 is 0 Å². The number of halogens is 1. The summed E-state index contributed by atoms with van der Waals surface area (Å²) in [5, 5.41) is 0. The van der Waals surface area contributed by atoms with E-state index in [4.69, 9.17) is 9.47 Å². The first-order valence-corrected chi connectivity index (χ1v) is 7.56. The maximum Gasteiger partial charge on any atom is 0.155 e. The normalized spacial score (nSPS) is 22.4. The van der Waals surface area contributed by atoms with Crippen molar-refractivity contribution < 1.29 is 9.47 Å². The van der Waals surface area contributed by atoms with Crippen molar-refractivity contribution in [3.05, 3.63) is 10.2 Å². The van der Waals surface area contributed by atoms with Gasteiger partial charge in [-0.25, -0.2) is 0 Å². The summed E-state index contributed by atoms with van der Waals surface area (Å²) in [6, 6.07) is 0. The zero-order valence-electron chi connectivity index (χ0n) is 10.3. The van der Waals surface area contributed by atoms with Crippen LogP contribution in [0.5, 0.6) is 0 Å². The average Bonchev–Trinajstić information content (AvgIpc) is 2.30. The molecule has 0 aliphatic heterocycles. The van der Waals surface area contributed by atoms with Gasteiger partial charge in [-0.3, -0.25) is 0 Å². The molecule has 0 aromatic carbocycles. The molecule has 0 radical (unpaired) electrons. The number of ether oxygens (including phenoxy) is 2. The van der Waals surface area contributed by atoms with Gasteiger partial charge in [0.25, 0.3) is 0 Å². The Balaban J connectivity index is 2.45. The van der Waals surface area contributed by atoms with Gasteiger partial charge in [0.1, 0.15) is 0 Å². The van der Waals surface area contributed by atoms with Crippen LogP contribution in [0.25, 0.3) is 0 Å². The van der Waals surface area contributed by atoms with Crippen LogP contribution in [0.4, 0.5) is 0 Å². The molecule has 1 rings (SSSR count). The molecule has 1 fully saturated rings. The molecule has 0 N–H and O–H groups in total. The molecule has 2 atom stereocenters. The molecule has 3 heteroatoms. The Morgan fingerprint density at radius 3 is 2.56 bits per heavy atom. The van der Waals surface area contributed by atoms with Crippen LogP contribution >= 0.6 is 22.6 Å². The molecule has 1 unspecified atom stereocenters. The second-order valence-electron chi connectivity index (χ2n) is 4.34. The Hall–Kier alpha value is 0.390. The van der Waals surface area contributed by atoms with Crippen molar-refractivity contribution in [3.63, 3.8) is 0 Å². The smallest absolute Gasteiger partial charge is 0.155 e. The third-order valence-electron chi connectivity index (χ3n) is 3.13. The summed E-state index contributed by atoms with van der Waals surface area (Å²) in [6.45, 7) is 4.70. The summed E-state index contributed by atoms with van der Waals surface area (Å²) in [4.78, 5) is 0. The monoisotopic (exact) mass is 338 g/mol. The molecule has 0 aromatic rings. The van der Waals surface area contributed by atoms with Crippen LogP contribution in [0, 0.1) is 5.92 Å². The van der Waals surface area contributed by atoms with Gasteiger partial charge in [0, 0.05) is 6.61 Å². The zero-order chi connectivity index (χ0) is 11.8. The lowest BCUT2D eigenvalue weighted by molar-refractivity contribution is -0.159. The van der Waals surface area contributed by atoms with Crippen LogP contribution in [-0.4, -0.2) is 19.0 Å². The third kappa shape index (κ3) is 5.15. The third-order valence-corrected chi connectivity index (χ3v) is 3.54. The highest BCUT2D eigenvalue weighted by Crippen LogP contribution is 2.29. The second-order valence-corrected chi connectivity index (χ2v) is 5.06. The quantitative estimate of drug-likeness (QED) is 0.532. The van der Waals surface area contributed by atoms with Gasteiger partial charge in [-0.15, -0.1) is 0 Å². The average molecular weight is 338 g/mol. The predicted octanol–water partition coefficient (Wildman–Crippen LogP) is 4.28. The van der Waals surface area contributed by atoms with Crippen molar-refractivity contribution in [1.82, 2.24) is 0 Å². The minimum atomic E-state index is -0.0930. The molecule has 94 valence electrons. The highest BCUT2D eigenvalue weighted by atomic mass is 127. The maximum atomic E-state index is 5.96. The molecule has 0 heterocycles. The van der Waals surface area contributed by atoms with Crippen LogP contribution in [0.2, 0.25) is 0 Å². The molecule has 0 aromatic heterocycles. The molecular weight excluding hydrogens is 315 g/mol. The lowest BCUT2D eigenvalue weighted by atomic mass is 9.85. The van der Waals surface area contributed by atoms with Gasteiger partial charge < -0.3 is 9.47 Å². The summed E-state index contributed by atoms with van der Waals surface area (Å²) in [7, 11) is 0. The van der Waals surface area contributed by atoms with Crippen molar-refractivity contribution in [2.24, 2.45) is 5.92 Å². The van der Waals surface area contributed by atoms with E-state index >= 15 is 0 Å². The van der Waals surface area contributed by atoms with E-state index in [1.807, 2.05) is 13.8 Å². The molecule has 1 aliphatic rings. The molecule has 2 nitrogen and oxygen atoms in total. The van der Waals surface area contributed by atoms with Crippen LogP contribution in [0.1, 0.15) is 46.0 Å². The van der Waals surface area contributed by atoms with Crippen LogP contribution in [-0.2, 0) is 9.47 Å². The van der Waals surface area contributed by atoms with Crippen molar-refractivity contribution in [2.75, 3.05) is 6.61 Å². The van der Waals surface area contributed by atoms with Gasteiger partial charge in [0.15, 0.2) is 6.29 Å². The molecule has 1 aliphatic carbocycles. The lowest BCUT2D eigenvalue weighted by Crippen LogP contribution is -2.29. The van der Waals surface area contributed by atoms with E-state index in [2.05, 4.69) is 32.7 Å². The lowest BCUT2D eigenvalue weighted by Gasteiger charge is -2.30. The van der Waals surface area contributed by atoms with Gasteiger partial charge in [-0.1, -0.05) is 41.9 Å². The van der Waals surface area contributed by atoms with E-state index in [0.29, 0.717) is 12.5 Å². The van der Waals surface area contributed by atoms with E-state index < -0.39 is 0 Å². The Bertz CT molecular complexity index is 200. The highest BCUT2D eigenvalue weighted by Gasteiger charge is 2.23. The minimum absolute atomic E-state index is 0.0930. The Morgan fingerprint density at radius 2 is 2.00 bits per heavy atom. The molecule has 0 saturated heterocycles. The number of rotatable bonds is 6. The summed E-state index contributed by atoms with van der Waals surface area (Å²) >= 11 is 2.27. The first kappa shape index (κ1) is 14.5. The van der Waals surface area contributed by atoms with E-state index in [1.54, 1.807) is 0 Å². The highest BCUT2D eigenvalue weighted by molar-refractivity contribution is 14.1. The largest absolute Gasteiger partial charge is 0.353 e. The fraction of sp³-hybridized carbons (Fsp3) is 0.846. The maximum absolute atomic E-state index is 5.96. The number of hydrogen-bond acceptors (Lipinski definition) is 2. The van der Waals surface area contributed by atoms with Crippen molar-refractivity contribution in [3.8, 4) is 0 Å². The topological polar surface area (TPSA) is 18.5 Å². The molecule has 0 spiro atoms. The zero-order valence-corrected chi connectivity index (χ0v) is 12.5. The minimum Gasteiger partial charge on any atom is -0.353 e. The first-order chi connectivity index (χ1) is 7.77. The van der Waals surface area contributed by atoms with Gasteiger partial charge in [0.05, 0.1) is 6.10 Å². The first-order valence-electron chi connectivity index (χ1n) is 6.31. The fourth-order valence-electron chi connectivity index (χ4n) is 2.34. The Kier molecular flexibility index (Phi) is 7.66. The SMILES string of the molecule is CCOC(C)O[C@@H](C=CI)C1CCCCC1. The van der Waals surface area contributed by atoms with Crippen LogP contribution < -0.4 is 0 Å². The summed E-state index contributed by atoms with van der Waals surface area (Å²) in [5.41, 5.74) is 0. The molecular formula is C13H23IO2. The molecule has 16 heavy (non-hydrogen) atoms. The Morgan fingerprint density at radius 1 is 1.31 bits per heavy atom. The van der Waals surface area contributed by atoms with Gasteiger partial charge in [0.2, 0.25) is 0 Å². The van der Waals surface area contributed by atoms with Crippen LogP contribution in [0.3, 0.4) is 0 Å². The molecule has 0 bridgehead atoms. The second kappa shape index (κ2) is 8.48. The molecule has 0 amide bonds. The van der Waals surface area contributed by atoms with Crippen LogP contribution in [0.15, 0.2) is 10.2 Å². The van der Waals surface area contributed by atoms with Gasteiger partial charge in [-0.2, -0.15) is 0 Å². The molecule has 1 saturated carbocycles. The fourth-order valence-corrected chi connectivity index (χ4v) is 2.75. The van der Waals surface area contributed by atoms with E-state index in [0.717, 1.165) is 0 Å². The van der Waals surface area contributed by atoms with Crippen molar-refractivity contribution in [1.29, 1.82) is 0 Å². The van der Waals surface area contributed by atoms with E-state index in [9.17, 15) is 0 Å². The number of hydrogen-bond donors (Lipinski definition) is 0. The van der Waals surface area contributed by atoms with Gasteiger partial charge in [-0.05, 0) is 42.8 Å². The standard InChI is InChI=1S/C13H23IO2/c1-3-15-11(2)16-13(9-10-14)12-7-5-4-6-8-12/h9-13H,3-8H2,1-2H3/t11?,13-/m0/s1.